The molecule has 1 aromatic rings. The summed E-state index contributed by atoms with van der Waals surface area (Å²) in [4.78, 5) is 12.1. The van der Waals surface area contributed by atoms with Crippen molar-refractivity contribution < 1.29 is 9.53 Å². The first-order chi connectivity index (χ1) is 7.29. The number of aryl methyl sites for hydroxylation is 1. The first-order valence-corrected chi connectivity index (χ1v) is 5.21. The number of Topliss-reactive ketones (excluding diaryl/α,β-unsaturated/α-hetero) is 1. The van der Waals surface area contributed by atoms with E-state index in [-0.39, 0.29) is 11.9 Å². The summed E-state index contributed by atoms with van der Waals surface area (Å²) >= 11 is 0. The fourth-order valence-electron chi connectivity index (χ4n) is 1.76. The number of carbonyl (C=O) groups is 1. The molecule has 0 bridgehead atoms. The molecule has 1 aromatic carbocycles. The lowest BCUT2D eigenvalue weighted by Crippen LogP contribution is -2.43. The van der Waals surface area contributed by atoms with Crippen LogP contribution in [0.1, 0.15) is 15.9 Å². The molecule has 1 saturated heterocycles. The molecule has 3 nitrogen and oxygen atoms in total. The van der Waals surface area contributed by atoms with Gasteiger partial charge in [0.25, 0.3) is 0 Å². The summed E-state index contributed by atoms with van der Waals surface area (Å²) in [5.41, 5.74) is 1.78. The summed E-state index contributed by atoms with van der Waals surface area (Å²) in [6.45, 7) is 4.01. The molecule has 1 fully saturated rings. The van der Waals surface area contributed by atoms with Crippen LogP contribution in [0.25, 0.3) is 0 Å². The van der Waals surface area contributed by atoms with Gasteiger partial charge in [-0.25, -0.2) is 0 Å². The normalized spacial score (nSPS) is 21.3. The van der Waals surface area contributed by atoms with Crippen LogP contribution in [-0.4, -0.2) is 31.6 Å². The summed E-state index contributed by atoms with van der Waals surface area (Å²) in [6, 6.07) is 7.63. The highest BCUT2D eigenvalue weighted by molar-refractivity contribution is 6.00. The second-order valence-corrected chi connectivity index (χ2v) is 3.74. The van der Waals surface area contributed by atoms with Gasteiger partial charge in [0.2, 0.25) is 0 Å². The van der Waals surface area contributed by atoms with E-state index in [1.165, 1.54) is 0 Å². The molecule has 1 aliphatic heterocycles. The minimum absolute atomic E-state index is 0.0836. The van der Waals surface area contributed by atoms with Crippen molar-refractivity contribution in [1.82, 2.24) is 5.32 Å². The Morgan fingerprint density at radius 2 is 2.27 bits per heavy atom. The number of ether oxygens (including phenoxy) is 1. The lowest BCUT2D eigenvalue weighted by Gasteiger charge is -2.22. The van der Waals surface area contributed by atoms with Crippen LogP contribution >= 0.6 is 0 Å². The van der Waals surface area contributed by atoms with Crippen LogP contribution in [0.3, 0.4) is 0 Å². The number of rotatable bonds is 2. The molecule has 0 spiro atoms. The minimum atomic E-state index is -0.320. The number of nitrogens with one attached hydrogen (secondary N) is 1. The predicted octanol–water partition coefficient (Wildman–Crippen LogP) is 1.17. The molecular weight excluding hydrogens is 190 g/mol. The molecule has 1 N–H and O–H groups in total. The van der Waals surface area contributed by atoms with Crippen molar-refractivity contribution in [2.45, 2.75) is 13.0 Å². The van der Waals surface area contributed by atoms with Gasteiger partial charge in [0.1, 0.15) is 6.10 Å². The number of hydrogen-bond acceptors (Lipinski definition) is 3. The maximum atomic E-state index is 12.1. The van der Waals surface area contributed by atoms with E-state index in [1.807, 2.05) is 31.2 Å². The molecule has 3 heteroatoms. The molecule has 0 radical (unpaired) electrons. The first-order valence-electron chi connectivity index (χ1n) is 5.21. The molecule has 1 unspecified atom stereocenters. The monoisotopic (exact) mass is 205 g/mol. The van der Waals surface area contributed by atoms with Crippen LogP contribution in [-0.2, 0) is 4.74 Å². The standard InChI is InChI=1S/C12H15NO2/c1-9-4-2-3-5-10(9)12(14)11-8-13-6-7-15-11/h2-5,11,13H,6-8H2,1H3. The maximum Gasteiger partial charge on any atom is 0.193 e. The van der Waals surface area contributed by atoms with Crippen LogP contribution in [0, 0.1) is 6.92 Å². The summed E-state index contributed by atoms with van der Waals surface area (Å²) in [6.07, 6.45) is -0.320. The maximum absolute atomic E-state index is 12.1. The second-order valence-electron chi connectivity index (χ2n) is 3.74. The van der Waals surface area contributed by atoms with E-state index in [0.29, 0.717) is 13.2 Å². The second kappa shape index (κ2) is 4.55. The van der Waals surface area contributed by atoms with E-state index in [0.717, 1.165) is 17.7 Å². The molecule has 0 saturated carbocycles. The molecular formula is C12H15NO2. The Hall–Kier alpha value is -1.19. The number of benzene rings is 1. The third kappa shape index (κ3) is 2.25. The van der Waals surface area contributed by atoms with E-state index in [2.05, 4.69) is 5.32 Å². The lowest BCUT2D eigenvalue weighted by atomic mass is 10.0. The third-order valence-corrected chi connectivity index (χ3v) is 2.63. The fraction of sp³-hybridized carbons (Fsp3) is 0.417. The van der Waals surface area contributed by atoms with Crippen molar-refractivity contribution in [3.05, 3.63) is 35.4 Å². The topological polar surface area (TPSA) is 38.3 Å². The van der Waals surface area contributed by atoms with Gasteiger partial charge in [0.15, 0.2) is 5.78 Å². The van der Waals surface area contributed by atoms with Gasteiger partial charge in [0.05, 0.1) is 6.61 Å². The Balaban J connectivity index is 2.16. The minimum Gasteiger partial charge on any atom is -0.367 e. The quantitative estimate of drug-likeness (QED) is 0.736. The zero-order valence-corrected chi connectivity index (χ0v) is 8.82. The SMILES string of the molecule is Cc1ccccc1C(=O)C1CNCCO1. The van der Waals surface area contributed by atoms with Crippen LogP contribution in [0.4, 0.5) is 0 Å². The zero-order chi connectivity index (χ0) is 10.7. The van der Waals surface area contributed by atoms with Gasteiger partial charge in [-0.1, -0.05) is 24.3 Å². The van der Waals surface area contributed by atoms with Crippen molar-refractivity contribution in [2.75, 3.05) is 19.7 Å². The van der Waals surface area contributed by atoms with E-state index in [4.69, 9.17) is 4.74 Å². The Morgan fingerprint density at radius 1 is 1.47 bits per heavy atom. The van der Waals surface area contributed by atoms with Gasteiger partial charge in [0, 0.05) is 18.7 Å². The van der Waals surface area contributed by atoms with Gasteiger partial charge in [-0.05, 0) is 12.5 Å². The van der Waals surface area contributed by atoms with Crippen LogP contribution < -0.4 is 5.32 Å². The number of morpholine rings is 1. The van der Waals surface area contributed by atoms with Crippen molar-refractivity contribution in [3.8, 4) is 0 Å². The van der Waals surface area contributed by atoms with Crippen LogP contribution in [0.5, 0.6) is 0 Å². The van der Waals surface area contributed by atoms with Crippen LogP contribution in [0.2, 0.25) is 0 Å². The molecule has 1 aliphatic rings. The van der Waals surface area contributed by atoms with Gasteiger partial charge < -0.3 is 10.1 Å². The first kappa shape index (κ1) is 10.3. The Bertz CT molecular complexity index is 356. The summed E-state index contributed by atoms with van der Waals surface area (Å²) in [5, 5.41) is 3.16. The zero-order valence-electron chi connectivity index (χ0n) is 8.82. The summed E-state index contributed by atoms with van der Waals surface area (Å²) in [7, 11) is 0. The molecule has 1 heterocycles. The highest BCUT2D eigenvalue weighted by Crippen LogP contribution is 2.12. The molecule has 0 aromatic heterocycles. The number of carbonyl (C=O) groups excluding carboxylic acids is 1. The molecule has 0 aliphatic carbocycles. The van der Waals surface area contributed by atoms with E-state index in [1.54, 1.807) is 0 Å². The van der Waals surface area contributed by atoms with Crippen molar-refractivity contribution in [1.29, 1.82) is 0 Å². The highest BCUT2D eigenvalue weighted by Gasteiger charge is 2.23. The summed E-state index contributed by atoms with van der Waals surface area (Å²) < 4.78 is 5.44. The van der Waals surface area contributed by atoms with E-state index in [9.17, 15) is 4.79 Å². The van der Waals surface area contributed by atoms with Crippen molar-refractivity contribution in [3.63, 3.8) is 0 Å². The van der Waals surface area contributed by atoms with Gasteiger partial charge in [-0.2, -0.15) is 0 Å². The molecule has 1 atom stereocenters. The largest absolute Gasteiger partial charge is 0.367 e. The Kier molecular flexibility index (Phi) is 3.14. The Labute approximate surface area is 89.4 Å². The number of hydrogen-bond donors (Lipinski definition) is 1. The van der Waals surface area contributed by atoms with E-state index < -0.39 is 0 Å². The molecule has 0 amide bonds. The smallest absolute Gasteiger partial charge is 0.193 e. The fourth-order valence-corrected chi connectivity index (χ4v) is 1.76. The predicted molar refractivity (Wildman–Crippen MR) is 58.1 cm³/mol. The van der Waals surface area contributed by atoms with Gasteiger partial charge >= 0.3 is 0 Å². The van der Waals surface area contributed by atoms with Gasteiger partial charge in [-0.3, -0.25) is 4.79 Å². The number of ketones is 1. The third-order valence-electron chi connectivity index (χ3n) is 2.63. The average Bonchev–Trinajstić information content (AvgIpc) is 2.30. The average molecular weight is 205 g/mol. The van der Waals surface area contributed by atoms with Gasteiger partial charge in [-0.15, -0.1) is 0 Å². The summed E-state index contributed by atoms with van der Waals surface area (Å²) in [5.74, 6) is 0.0836. The van der Waals surface area contributed by atoms with Crippen molar-refractivity contribution in [2.24, 2.45) is 0 Å². The van der Waals surface area contributed by atoms with Crippen molar-refractivity contribution >= 4 is 5.78 Å². The highest BCUT2D eigenvalue weighted by atomic mass is 16.5. The van der Waals surface area contributed by atoms with E-state index >= 15 is 0 Å². The Morgan fingerprint density at radius 3 is 2.93 bits per heavy atom. The molecule has 80 valence electrons. The molecule has 2 rings (SSSR count). The van der Waals surface area contributed by atoms with Crippen LogP contribution in [0.15, 0.2) is 24.3 Å². The molecule has 15 heavy (non-hydrogen) atoms. The lowest BCUT2D eigenvalue weighted by molar-refractivity contribution is 0.0269.